The van der Waals surface area contributed by atoms with Crippen LogP contribution in [-0.2, 0) is 4.79 Å². The molecule has 1 amide bonds. The van der Waals surface area contributed by atoms with Gasteiger partial charge in [-0.15, -0.1) is 12.4 Å². The van der Waals surface area contributed by atoms with Gasteiger partial charge < -0.3 is 11.1 Å². The molecule has 4 atom stereocenters. The first kappa shape index (κ1) is 16.8. The highest BCUT2D eigenvalue weighted by Crippen LogP contribution is 2.49. The number of nitrogens with one attached hydrogen (secondary N) is 1. The zero-order valence-electron chi connectivity index (χ0n) is 12.3. The van der Waals surface area contributed by atoms with Crippen molar-refractivity contribution in [3.05, 3.63) is 0 Å². The van der Waals surface area contributed by atoms with Gasteiger partial charge in [0.15, 0.2) is 0 Å². The molecule has 2 rings (SSSR count). The van der Waals surface area contributed by atoms with Gasteiger partial charge in [-0.3, -0.25) is 4.79 Å². The van der Waals surface area contributed by atoms with Crippen LogP contribution in [0.3, 0.4) is 0 Å². The monoisotopic (exact) mass is 288 g/mol. The lowest BCUT2D eigenvalue weighted by atomic mass is 9.86. The summed E-state index contributed by atoms with van der Waals surface area (Å²) in [4.78, 5) is 12.0. The number of fused-ring (bicyclic) bond motifs is 2. The van der Waals surface area contributed by atoms with Crippen molar-refractivity contribution in [3.63, 3.8) is 0 Å². The normalized spacial score (nSPS) is 31.6. The number of hydrogen-bond acceptors (Lipinski definition) is 2. The van der Waals surface area contributed by atoms with Crippen LogP contribution in [0, 0.1) is 17.8 Å². The second-order valence-corrected chi connectivity index (χ2v) is 6.65. The van der Waals surface area contributed by atoms with Gasteiger partial charge in [0.25, 0.3) is 0 Å². The van der Waals surface area contributed by atoms with E-state index in [4.69, 9.17) is 5.73 Å². The van der Waals surface area contributed by atoms with E-state index in [-0.39, 0.29) is 18.3 Å². The summed E-state index contributed by atoms with van der Waals surface area (Å²) in [6.07, 6.45) is 8.58. The summed E-state index contributed by atoms with van der Waals surface area (Å²) in [6.45, 7) is 4.71. The summed E-state index contributed by atoms with van der Waals surface area (Å²) in [6, 6.07) is 0. The maximum absolute atomic E-state index is 12.0. The van der Waals surface area contributed by atoms with Gasteiger partial charge in [0.05, 0.1) is 5.54 Å². The van der Waals surface area contributed by atoms with Gasteiger partial charge in [-0.05, 0) is 56.8 Å². The van der Waals surface area contributed by atoms with Crippen LogP contribution in [0.15, 0.2) is 0 Å². The van der Waals surface area contributed by atoms with Crippen molar-refractivity contribution in [2.24, 2.45) is 23.5 Å². The minimum absolute atomic E-state index is 0. The fourth-order valence-corrected chi connectivity index (χ4v) is 3.94. The lowest BCUT2D eigenvalue weighted by Gasteiger charge is -2.25. The van der Waals surface area contributed by atoms with Crippen molar-refractivity contribution >= 4 is 18.3 Å². The van der Waals surface area contributed by atoms with Crippen molar-refractivity contribution in [2.45, 2.75) is 64.3 Å². The lowest BCUT2D eigenvalue weighted by molar-refractivity contribution is -0.126. The van der Waals surface area contributed by atoms with Gasteiger partial charge in [0.2, 0.25) is 5.91 Å². The summed E-state index contributed by atoms with van der Waals surface area (Å²) in [5.41, 5.74) is 5.32. The first-order chi connectivity index (χ1) is 8.53. The molecule has 4 unspecified atom stereocenters. The molecular weight excluding hydrogens is 260 g/mol. The van der Waals surface area contributed by atoms with Crippen LogP contribution >= 0.6 is 12.4 Å². The number of rotatable bonds is 6. The summed E-state index contributed by atoms with van der Waals surface area (Å²) >= 11 is 0. The van der Waals surface area contributed by atoms with Crippen LogP contribution in [0.4, 0.5) is 0 Å². The molecule has 19 heavy (non-hydrogen) atoms. The fourth-order valence-electron chi connectivity index (χ4n) is 3.94. The molecule has 0 aliphatic heterocycles. The zero-order valence-corrected chi connectivity index (χ0v) is 13.1. The summed E-state index contributed by atoms with van der Waals surface area (Å²) in [5.74, 6) is 2.83. The molecule has 4 heteroatoms. The van der Waals surface area contributed by atoms with E-state index < -0.39 is 5.54 Å². The molecule has 2 bridgehead atoms. The molecular formula is C15H29ClN2O. The van der Waals surface area contributed by atoms with Gasteiger partial charge in [-0.1, -0.05) is 19.8 Å². The van der Waals surface area contributed by atoms with Crippen molar-refractivity contribution in [2.75, 3.05) is 6.54 Å². The van der Waals surface area contributed by atoms with Crippen molar-refractivity contribution in [1.82, 2.24) is 5.32 Å². The second kappa shape index (κ2) is 6.94. The van der Waals surface area contributed by atoms with Crippen LogP contribution in [0.25, 0.3) is 0 Å². The van der Waals surface area contributed by atoms with Crippen LogP contribution in [0.1, 0.15) is 58.8 Å². The lowest BCUT2D eigenvalue weighted by Crippen LogP contribution is -2.51. The highest BCUT2D eigenvalue weighted by atomic mass is 35.5. The highest BCUT2D eigenvalue weighted by Gasteiger charge is 2.39. The first-order valence-corrected chi connectivity index (χ1v) is 7.60. The molecule has 0 aromatic carbocycles. The van der Waals surface area contributed by atoms with Crippen LogP contribution in [0.2, 0.25) is 0 Å². The van der Waals surface area contributed by atoms with Gasteiger partial charge in [0.1, 0.15) is 0 Å². The number of carbonyl (C=O) groups excluding carboxylic acids is 1. The SMILES string of the molecule is CCCC(C)(N)C(=O)NCCC1CC2CCC1C2.Cl. The fraction of sp³-hybridized carbons (Fsp3) is 0.933. The molecule has 2 saturated carbocycles. The third-order valence-electron chi connectivity index (χ3n) is 4.97. The third kappa shape index (κ3) is 4.09. The van der Waals surface area contributed by atoms with Crippen LogP contribution in [-0.4, -0.2) is 18.0 Å². The highest BCUT2D eigenvalue weighted by molar-refractivity contribution is 5.85. The summed E-state index contributed by atoms with van der Waals surface area (Å²) in [7, 11) is 0. The predicted molar refractivity (Wildman–Crippen MR) is 81.3 cm³/mol. The Bertz CT molecular complexity index is 307. The Morgan fingerprint density at radius 2 is 2.11 bits per heavy atom. The molecule has 0 aromatic rings. The molecule has 2 fully saturated rings. The number of amides is 1. The van der Waals surface area contributed by atoms with E-state index in [1.54, 1.807) is 0 Å². The minimum atomic E-state index is -0.691. The maximum Gasteiger partial charge on any atom is 0.239 e. The molecule has 112 valence electrons. The summed E-state index contributed by atoms with van der Waals surface area (Å²) in [5, 5.41) is 3.03. The van der Waals surface area contributed by atoms with Gasteiger partial charge in [0, 0.05) is 6.54 Å². The number of halogens is 1. The summed E-state index contributed by atoms with van der Waals surface area (Å²) < 4.78 is 0. The molecule has 0 spiro atoms. The Morgan fingerprint density at radius 1 is 1.37 bits per heavy atom. The van der Waals surface area contributed by atoms with Crippen molar-refractivity contribution < 1.29 is 4.79 Å². The Labute approximate surface area is 123 Å². The number of carbonyl (C=O) groups is 1. The van der Waals surface area contributed by atoms with Gasteiger partial charge >= 0.3 is 0 Å². The molecule has 0 saturated heterocycles. The van der Waals surface area contributed by atoms with Gasteiger partial charge in [-0.25, -0.2) is 0 Å². The third-order valence-corrected chi connectivity index (χ3v) is 4.97. The van der Waals surface area contributed by atoms with Crippen LogP contribution in [0.5, 0.6) is 0 Å². The number of hydrogen-bond donors (Lipinski definition) is 2. The van der Waals surface area contributed by atoms with E-state index in [1.165, 1.54) is 25.7 Å². The Morgan fingerprint density at radius 3 is 2.63 bits per heavy atom. The Balaban J connectivity index is 0.00000180. The van der Waals surface area contributed by atoms with E-state index in [1.807, 2.05) is 6.92 Å². The van der Waals surface area contributed by atoms with Crippen molar-refractivity contribution in [1.29, 1.82) is 0 Å². The smallest absolute Gasteiger partial charge is 0.239 e. The van der Waals surface area contributed by atoms with Gasteiger partial charge in [-0.2, -0.15) is 0 Å². The van der Waals surface area contributed by atoms with E-state index in [0.29, 0.717) is 0 Å². The van der Waals surface area contributed by atoms with Crippen LogP contribution < -0.4 is 11.1 Å². The average molecular weight is 289 g/mol. The molecule has 0 heterocycles. The quantitative estimate of drug-likeness (QED) is 0.790. The second-order valence-electron chi connectivity index (χ2n) is 6.65. The van der Waals surface area contributed by atoms with Crippen molar-refractivity contribution in [3.8, 4) is 0 Å². The zero-order chi connectivity index (χ0) is 13.2. The molecule has 2 aliphatic carbocycles. The number of nitrogens with two attached hydrogens (primary N) is 1. The standard InChI is InChI=1S/C15H28N2O.ClH/c1-3-7-15(2,16)14(18)17-8-6-13-10-11-4-5-12(13)9-11;/h11-13H,3-10,16H2,1-2H3,(H,17,18);1H. The molecule has 2 aliphatic rings. The minimum Gasteiger partial charge on any atom is -0.355 e. The average Bonchev–Trinajstić information content (AvgIpc) is 2.90. The largest absolute Gasteiger partial charge is 0.355 e. The first-order valence-electron chi connectivity index (χ1n) is 7.60. The van der Waals surface area contributed by atoms with E-state index >= 15 is 0 Å². The topological polar surface area (TPSA) is 55.1 Å². The molecule has 3 N–H and O–H groups in total. The predicted octanol–water partition coefficient (Wildman–Crippen LogP) is 2.87. The molecule has 0 radical (unpaired) electrons. The van der Waals surface area contributed by atoms with E-state index in [9.17, 15) is 4.79 Å². The maximum atomic E-state index is 12.0. The molecule has 0 aromatic heterocycles. The van der Waals surface area contributed by atoms with E-state index in [0.717, 1.165) is 43.6 Å². The van der Waals surface area contributed by atoms with E-state index in [2.05, 4.69) is 12.2 Å². The molecule has 3 nitrogen and oxygen atoms in total. The Kier molecular flexibility index (Phi) is 6.13. The Hall–Kier alpha value is -0.280.